The lowest BCUT2D eigenvalue weighted by molar-refractivity contribution is -1.12. The number of hydroxylamine groups is 6. The van der Waals surface area contributed by atoms with Gasteiger partial charge in [-0.2, -0.15) is 17.8 Å². The zero-order valence-corrected chi connectivity index (χ0v) is 38.2. The molecule has 6 N–H and O–H groups in total. The molecule has 2 saturated heterocycles. The van der Waals surface area contributed by atoms with Gasteiger partial charge >= 0.3 is 17.1 Å². The van der Waals surface area contributed by atoms with Gasteiger partial charge in [0.05, 0.1) is 34.0 Å². The molecule has 0 amide bonds. The zero-order chi connectivity index (χ0) is 50.1. The number of ether oxygens (including phenoxy) is 2. The summed E-state index contributed by atoms with van der Waals surface area (Å²) in [5.74, 6) is -3.12. The molecule has 2 aliphatic rings. The van der Waals surface area contributed by atoms with Crippen molar-refractivity contribution >= 4 is 58.2 Å². The van der Waals surface area contributed by atoms with Crippen molar-refractivity contribution in [1.82, 2.24) is 29.1 Å². The van der Waals surface area contributed by atoms with Crippen LogP contribution in [0.15, 0.2) is 138 Å². The Balaban J connectivity index is -0.000000877. The minimum atomic E-state index is -2.53. The van der Waals surface area contributed by atoms with Crippen LogP contribution in [-0.4, -0.2) is 105 Å². The topological polar surface area (TPSA) is 257 Å². The van der Waals surface area contributed by atoms with E-state index in [1.807, 2.05) is 101 Å². The molecule has 0 atom stereocenters. The second-order valence-corrected chi connectivity index (χ2v) is 18.7. The van der Waals surface area contributed by atoms with Gasteiger partial charge < -0.3 is 29.3 Å². The van der Waals surface area contributed by atoms with Crippen molar-refractivity contribution in [2.24, 2.45) is 0 Å². The Morgan fingerprint density at radius 2 is 1.03 bits per heavy atom. The van der Waals surface area contributed by atoms with Gasteiger partial charge in [0.2, 0.25) is 24.9 Å². The fourth-order valence-electron chi connectivity index (χ4n) is 6.16. The number of morpholine rings is 2. The third kappa shape index (κ3) is 21.9. The first-order valence-electron chi connectivity index (χ1n) is 20.2. The van der Waals surface area contributed by atoms with Crippen molar-refractivity contribution in [3.05, 3.63) is 195 Å². The molecule has 0 bridgehead atoms. The smallest absolute Gasteiger partial charge is 0.333 e. The van der Waals surface area contributed by atoms with Gasteiger partial charge in [0, 0.05) is 12.4 Å². The van der Waals surface area contributed by atoms with Crippen molar-refractivity contribution in [3.8, 4) is 0 Å². The predicted molar refractivity (Wildman–Crippen MR) is 286 cm³/mol. The summed E-state index contributed by atoms with van der Waals surface area (Å²) in [6.45, 7) is 1.68. The highest BCUT2D eigenvalue weighted by Gasteiger charge is 2.43. The highest BCUT2D eigenvalue weighted by atomic mass is 35.6. The Labute approximate surface area is 438 Å². The first-order chi connectivity index (χ1) is 32.0. The Morgan fingerprint density at radius 1 is 0.630 bits per heavy atom. The van der Waals surface area contributed by atoms with E-state index in [2.05, 4.69) is 4.98 Å². The second kappa shape index (κ2) is 34.1. The summed E-state index contributed by atoms with van der Waals surface area (Å²) >= 11 is 14.2. The van der Waals surface area contributed by atoms with E-state index in [9.17, 15) is 57.2 Å². The van der Waals surface area contributed by atoms with Crippen LogP contribution in [0.5, 0.6) is 0 Å². The van der Waals surface area contributed by atoms with Crippen LogP contribution in [0.2, 0.25) is 0 Å². The lowest BCUT2D eigenvalue weighted by atomic mass is 10.4. The lowest BCUT2D eigenvalue weighted by Crippen LogP contribution is -2.55. The van der Waals surface area contributed by atoms with Gasteiger partial charge in [-0.25, -0.2) is 33.6 Å². The zero-order valence-electron chi connectivity index (χ0n) is 36.0. The molecule has 0 radical (unpaired) electrons. The van der Waals surface area contributed by atoms with Crippen LogP contribution < -0.4 is 49.7 Å². The lowest BCUT2D eigenvalue weighted by Gasteiger charge is -2.44. The number of benzene rings is 3. The number of rotatable bonds is 7. The van der Waals surface area contributed by atoms with E-state index in [0.717, 1.165) is 26.7 Å². The van der Waals surface area contributed by atoms with E-state index in [0.29, 0.717) is 43.3 Å². The molecule has 3 aromatic carbocycles. The molecule has 0 spiro atoms. The predicted octanol–water partition coefficient (Wildman–Crippen LogP) is 5.74. The molecule has 8 rings (SSSR count). The number of hydrogen-bond donors (Lipinski definition) is 6. The van der Waals surface area contributed by atoms with Crippen LogP contribution in [0.1, 0.15) is 45.9 Å². The van der Waals surface area contributed by atoms with E-state index >= 15 is 0 Å². The maximum Gasteiger partial charge on any atom is 0.333 e. The molecule has 0 aliphatic carbocycles. The number of hydrogen-bond acceptors (Lipinski definition) is 11. The molecule has 0 saturated carbocycles. The maximum atomic E-state index is 13.0. The minimum Gasteiger partial charge on any atom is -0.631 e. The number of aromatic amines is 4. The molecule has 26 heteroatoms. The van der Waals surface area contributed by atoms with E-state index in [1.54, 1.807) is 4.98 Å². The average molecular weight is 1120 g/mol. The minimum absolute atomic E-state index is 0. The Kier molecular flexibility index (Phi) is 32.5. The normalized spacial score (nSPS) is 14.0. The van der Waals surface area contributed by atoms with Gasteiger partial charge in [0.1, 0.15) is 42.1 Å². The first kappa shape index (κ1) is 69.6. The quantitative estimate of drug-likeness (QED) is 0.0486. The highest BCUT2D eigenvalue weighted by Crippen LogP contribution is 2.50. The van der Waals surface area contributed by atoms with Crippen LogP contribution in [-0.2, 0) is 22.8 Å². The molecule has 19 nitrogen and oxygen atoms in total. The molecule has 73 heavy (non-hydrogen) atoms. The van der Waals surface area contributed by atoms with Crippen LogP contribution in [0.25, 0.3) is 0 Å². The van der Waals surface area contributed by atoms with E-state index in [1.165, 1.54) is 0 Å². The summed E-state index contributed by atoms with van der Waals surface area (Å²) in [6.07, 6.45) is 2.20. The van der Waals surface area contributed by atoms with Crippen LogP contribution in [0.3, 0.4) is 0 Å². The Hall–Kier alpha value is -5.49. The number of nitrogens with zero attached hydrogens (tertiary/aromatic N) is 4. The summed E-state index contributed by atoms with van der Waals surface area (Å²) in [5, 5.41) is 25.2. The average Bonchev–Trinajstić information content (AvgIpc) is 3.31. The first-order valence-corrected chi connectivity index (χ1v) is 22.5. The van der Waals surface area contributed by atoms with Gasteiger partial charge in [-0.1, -0.05) is 134 Å². The number of H-pyrrole nitrogens is 4. The summed E-state index contributed by atoms with van der Waals surface area (Å²) in [4.78, 5) is 84.4. The van der Waals surface area contributed by atoms with Crippen molar-refractivity contribution in [3.63, 3.8) is 0 Å². The number of halogens is 6. The fraction of sp³-hybridized carbons (Fsp3) is 0.362. The monoisotopic (exact) mass is 1120 g/mol. The Bertz CT molecular complexity index is 2800. The number of nitrogens with one attached hydrogen (secondary N) is 4. The van der Waals surface area contributed by atoms with Gasteiger partial charge in [-0.15, -0.1) is 0 Å². The SMILES string of the molecule is C.C.C.C.C.C.O=c1[nH]c(=O)n(C[N+]2(O)CCOCC2)cc1F.O=c1[nH]cc(F)c(=O)[nH]1.O=c1[nH]cc(F)c(=O)n1C[N+]1([O-])CCOCC1.O[P+](c1ccccc1)(c1ccccc1)c1ccccc1.[2H]C(Cl)(Cl)Cl. The second-order valence-electron chi connectivity index (χ2n) is 14.2. The van der Waals surface area contributed by atoms with Crippen molar-refractivity contribution in [1.29, 1.82) is 0 Å². The molecule has 5 heterocycles. The van der Waals surface area contributed by atoms with Crippen LogP contribution >= 0.6 is 42.3 Å². The number of alkyl halides is 3. The van der Waals surface area contributed by atoms with Crippen molar-refractivity contribution in [2.75, 3.05) is 52.6 Å². The van der Waals surface area contributed by atoms with E-state index < -0.39 is 78.9 Å². The van der Waals surface area contributed by atoms with Gasteiger partial charge in [-0.05, 0) is 36.4 Å². The van der Waals surface area contributed by atoms with Gasteiger partial charge in [-0.3, -0.25) is 24.4 Å². The van der Waals surface area contributed by atoms with Gasteiger partial charge in [0.25, 0.3) is 16.7 Å². The molecule has 408 valence electrons. The molecule has 2 fully saturated rings. The highest BCUT2D eigenvalue weighted by molar-refractivity contribution is 7.91. The molecule has 6 aromatic rings. The third-order valence-corrected chi connectivity index (χ3v) is 12.7. The van der Waals surface area contributed by atoms with Gasteiger partial charge in [0.15, 0.2) is 17.6 Å². The summed E-state index contributed by atoms with van der Waals surface area (Å²) in [5.41, 5.74) is -5.36. The van der Waals surface area contributed by atoms with Crippen molar-refractivity contribution in [2.45, 2.75) is 62.2 Å². The maximum absolute atomic E-state index is 13.0. The standard InChI is InChI=1S/C18H16OP.2C9H12FN3O4.C4H3FN2O2.CHCl3.6CH4/c19-20(16-10-4-1-5-11-16,17-12-6-2-7-13-17)18-14-8-3-9-15-18;10-7-5-12(9(15)11-8(7)14)6-13(16)1-3-17-4-2-13;10-7-5-11-9(15)12(8(7)14)6-13(16)1-3-17-4-2-13;5-2-1-6-4(9)7-3(2)8;2-1(3)4;;;;;;/h1-15,19H;5,16H,1-4,6H2;5H,1-4,6H2,(H,11,15);1H,(H2,6,7,8,9);1H;6*1H4/q+1;;;;;;;;;;/p+1/i;;;;1D;;;;;;. The van der Waals surface area contributed by atoms with E-state index in [-0.39, 0.29) is 77.5 Å². The molecular formula is C47H69Cl3F3N8O11P+2. The molecule has 3 aromatic heterocycles. The number of aromatic nitrogens is 6. The summed E-state index contributed by atoms with van der Waals surface area (Å²) in [7, 11) is -2.53. The summed E-state index contributed by atoms with van der Waals surface area (Å²) < 4.78 is 52.9. The molecule has 2 aliphatic heterocycles. The Morgan fingerprint density at radius 3 is 1.44 bits per heavy atom. The fourth-order valence-corrected chi connectivity index (χ4v) is 8.86. The molecular weight excluding hydrogens is 1050 g/mol. The largest absolute Gasteiger partial charge is 0.631 e. The van der Waals surface area contributed by atoms with Crippen LogP contribution in [0, 0.1) is 22.7 Å². The summed E-state index contributed by atoms with van der Waals surface area (Å²) in [6, 6.07) is 29.8. The molecule has 0 unspecified atom stereocenters. The van der Waals surface area contributed by atoms with Crippen molar-refractivity contribution < 1.29 is 43.4 Å². The number of quaternary nitrogens is 2. The van der Waals surface area contributed by atoms with Crippen LogP contribution in [0.4, 0.5) is 13.2 Å². The third-order valence-electron chi connectivity index (χ3n) is 9.55. The van der Waals surface area contributed by atoms with E-state index in [4.69, 9.17) is 45.6 Å².